The Morgan fingerprint density at radius 3 is 2.33 bits per heavy atom. The summed E-state index contributed by atoms with van der Waals surface area (Å²) in [6.45, 7) is 0.417. The van der Waals surface area contributed by atoms with Crippen LogP contribution in [-0.4, -0.2) is 35.1 Å². The first kappa shape index (κ1) is 23.9. The van der Waals surface area contributed by atoms with Crippen molar-refractivity contribution in [1.29, 1.82) is 0 Å². The maximum absolute atomic E-state index is 12.4. The molecule has 8 heteroatoms. The number of benzene rings is 3. The topological polar surface area (TPSA) is 93.7 Å². The van der Waals surface area contributed by atoms with E-state index in [0.29, 0.717) is 35.7 Å². The first-order valence-corrected chi connectivity index (χ1v) is 11.8. The molecule has 1 amide bonds. The third-order valence-corrected chi connectivity index (χ3v) is 5.84. The van der Waals surface area contributed by atoms with Gasteiger partial charge in [0.05, 0.1) is 19.6 Å². The lowest BCUT2D eigenvalue weighted by Gasteiger charge is -2.11. The average molecular weight is 467 g/mol. The minimum atomic E-state index is -3.67. The van der Waals surface area contributed by atoms with Gasteiger partial charge in [0.25, 0.3) is 15.9 Å². The SMILES string of the molecule is COc1ccc(CCNC(=O)c2ccc(NS(=O)(=O)/C=C/c3ccccc3)cc2)c(OC)c1. The Morgan fingerprint density at radius 2 is 1.67 bits per heavy atom. The van der Waals surface area contributed by atoms with Crippen LogP contribution in [0.5, 0.6) is 11.5 Å². The maximum Gasteiger partial charge on any atom is 0.255 e. The molecule has 3 aromatic rings. The van der Waals surface area contributed by atoms with Crippen molar-refractivity contribution in [2.45, 2.75) is 6.42 Å². The van der Waals surface area contributed by atoms with Crippen molar-refractivity contribution < 1.29 is 22.7 Å². The zero-order chi connectivity index (χ0) is 23.7. The Kier molecular flexibility index (Phi) is 8.10. The molecule has 0 atom stereocenters. The molecule has 33 heavy (non-hydrogen) atoms. The number of ether oxygens (including phenoxy) is 2. The largest absolute Gasteiger partial charge is 0.497 e. The Hall–Kier alpha value is -3.78. The van der Waals surface area contributed by atoms with E-state index in [1.165, 1.54) is 6.08 Å². The smallest absolute Gasteiger partial charge is 0.255 e. The molecule has 0 bridgehead atoms. The number of amides is 1. The minimum Gasteiger partial charge on any atom is -0.497 e. The highest BCUT2D eigenvalue weighted by Crippen LogP contribution is 2.24. The Balaban J connectivity index is 1.54. The van der Waals surface area contributed by atoms with Crippen LogP contribution in [0.25, 0.3) is 6.08 Å². The summed E-state index contributed by atoms with van der Waals surface area (Å²) in [6, 6.07) is 20.9. The molecule has 0 spiro atoms. The van der Waals surface area contributed by atoms with E-state index in [1.807, 2.05) is 42.5 Å². The van der Waals surface area contributed by atoms with Gasteiger partial charge in [-0.1, -0.05) is 36.4 Å². The van der Waals surface area contributed by atoms with Crippen LogP contribution in [0.3, 0.4) is 0 Å². The number of carbonyl (C=O) groups is 1. The van der Waals surface area contributed by atoms with E-state index >= 15 is 0 Å². The third-order valence-electron chi connectivity index (χ3n) is 4.82. The molecule has 0 aliphatic rings. The fourth-order valence-electron chi connectivity index (χ4n) is 3.09. The van der Waals surface area contributed by atoms with Gasteiger partial charge >= 0.3 is 0 Å². The number of rotatable bonds is 10. The Morgan fingerprint density at radius 1 is 0.939 bits per heavy atom. The molecule has 0 fully saturated rings. The van der Waals surface area contributed by atoms with Crippen LogP contribution in [-0.2, 0) is 16.4 Å². The first-order chi connectivity index (χ1) is 15.9. The first-order valence-electron chi connectivity index (χ1n) is 10.3. The summed E-state index contributed by atoms with van der Waals surface area (Å²) in [5.74, 6) is 1.15. The highest BCUT2D eigenvalue weighted by atomic mass is 32.2. The van der Waals surface area contributed by atoms with E-state index in [0.717, 1.165) is 16.5 Å². The molecule has 3 rings (SSSR count). The maximum atomic E-state index is 12.4. The molecule has 0 saturated heterocycles. The Bertz CT molecular complexity index is 1210. The molecule has 0 heterocycles. The molecule has 7 nitrogen and oxygen atoms in total. The van der Waals surface area contributed by atoms with E-state index < -0.39 is 10.0 Å². The number of methoxy groups -OCH3 is 2. The van der Waals surface area contributed by atoms with Gasteiger partial charge in [0.1, 0.15) is 11.5 Å². The summed E-state index contributed by atoms with van der Waals surface area (Å²) < 4.78 is 37.6. The summed E-state index contributed by atoms with van der Waals surface area (Å²) in [6.07, 6.45) is 2.10. The van der Waals surface area contributed by atoms with Crippen molar-refractivity contribution in [3.63, 3.8) is 0 Å². The van der Waals surface area contributed by atoms with Crippen LogP contribution >= 0.6 is 0 Å². The normalized spacial score (nSPS) is 11.2. The highest BCUT2D eigenvalue weighted by Gasteiger charge is 2.10. The van der Waals surface area contributed by atoms with Crippen molar-refractivity contribution in [2.75, 3.05) is 25.5 Å². The predicted octanol–water partition coefficient (Wildman–Crippen LogP) is 4.09. The van der Waals surface area contributed by atoms with Crippen molar-refractivity contribution in [3.05, 3.63) is 94.9 Å². The van der Waals surface area contributed by atoms with Gasteiger partial charge in [-0.2, -0.15) is 0 Å². The molecule has 0 aliphatic carbocycles. The van der Waals surface area contributed by atoms with Crippen molar-refractivity contribution in [3.8, 4) is 11.5 Å². The van der Waals surface area contributed by atoms with Gasteiger partial charge < -0.3 is 14.8 Å². The molecular weight excluding hydrogens is 440 g/mol. The molecule has 0 aliphatic heterocycles. The van der Waals surface area contributed by atoms with E-state index in [4.69, 9.17) is 9.47 Å². The molecular formula is C25H26N2O5S. The van der Waals surface area contributed by atoms with Crippen LogP contribution < -0.4 is 19.5 Å². The number of hydrogen-bond acceptors (Lipinski definition) is 5. The number of sulfonamides is 1. The third kappa shape index (κ3) is 7.11. The van der Waals surface area contributed by atoms with E-state index in [2.05, 4.69) is 10.0 Å². The van der Waals surface area contributed by atoms with E-state index in [1.54, 1.807) is 44.6 Å². The van der Waals surface area contributed by atoms with Crippen molar-refractivity contribution >= 4 is 27.7 Å². The summed E-state index contributed by atoms with van der Waals surface area (Å²) in [5.41, 5.74) is 2.53. The van der Waals surface area contributed by atoms with E-state index in [9.17, 15) is 13.2 Å². The summed E-state index contributed by atoms with van der Waals surface area (Å²) >= 11 is 0. The fourth-order valence-corrected chi connectivity index (χ4v) is 3.96. The van der Waals surface area contributed by atoms with Gasteiger partial charge in [0, 0.05) is 23.9 Å². The highest BCUT2D eigenvalue weighted by molar-refractivity contribution is 7.95. The second-order valence-corrected chi connectivity index (χ2v) is 8.69. The zero-order valence-electron chi connectivity index (χ0n) is 18.4. The van der Waals surface area contributed by atoms with Crippen LogP contribution in [0.1, 0.15) is 21.5 Å². The number of anilines is 1. The standard InChI is InChI=1S/C25H26N2O5S/c1-31-23-13-10-20(24(18-23)32-2)14-16-26-25(28)21-8-11-22(12-9-21)27-33(29,30)17-15-19-6-4-3-5-7-19/h3-13,15,17-18,27H,14,16H2,1-2H3,(H,26,28)/b17-15+. The second-order valence-electron chi connectivity index (χ2n) is 7.12. The monoisotopic (exact) mass is 466 g/mol. The van der Waals surface area contributed by atoms with Crippen molar-refractivity contribution in [1.82, 2.24) is 5.32 Å². The van der Waals surface area contributed by atoms with Crippen LogP contribution in [0.15, 0.2) is 78.2 Å². The Labute approximate surface area is 194 Å². The predicted molar refractivity (Wildman–Crippen MR) is 130 cm³/mol. The molecule has 3 aromatic carbocycles. The van der Waals surface area contributed by atoms with Gasteiger partial charge in [0.15, 0.2) is 0 Å². The van der Waals surface area contributed by atoms with Crippen LogP contribution in [0, 0.1) is 0 Å². The fraction of sp³-hybridized carbons (Fsp3) is 0.160. The molecule has 0 radical (unpaired) electrons. The van der Waals surface area contributed by atoms with Gasteiger partial charge in [-0.3, -0.25) is 9.52 Å². The molecule has 0 unspecified atom stereocenters. The molecule has 2 N–H and O–H groups in total. The summed E-state index contributed by atoms with van der Waals surface area (Å²) in [5, 5.41) is 3.97. The van der Waals surface area contributed by atoms with Crippen LogP contribution in [0.4, 0.5) is 5.69 Å². The number of nitrogens with one attached hydrogen (secondary N) is 2. The molecule has 0 aromatic heterocycles. The average Bonchev–Trinajstić information content (AvgIpc) is 2.83. The molecule has 172 valence electrons. The summed E-state index contributed by atoms with van der Waals surface area (Å²) in [7, 11) is -0.497. The lowest BCUT2D eigenvalue weighted by atomic mass is 10.1. The second kappa shape index (κ2) is 11.2. The van der Waals surface area contributed by atoms with Gasteiger partial charge in [-0.15, -0.1) is 0 Å². The minimum absolute atomic E-state index is 0.249. The lowest BCUT2D eigenvalue weighted by Crippen LogP contribution is -2.25. The number of carbonyl (C=O) groups excluding carboxylic acids is 1. The van der Waals surface area contributed by atoms with Crippen molar-refractivity contribution in [2.24, 2.45) is 0 Å². The lowest BCUT2D eigenvalue weighted by molar-refractivity contribution is 0.0954. The number of hydrogen-bond donors (Lipinski definition) is 2. The van der Waals surface area contributed by atoms with Gasteiger partial charge in [0.2, 0.25) is 0 Å². The van der Waals surface area contributed by atoms with Gasteiger partial charge in [-0.05, 0) is 54.0 Å². The zero-order valence-corrected chi connectivity index (χ0v) is 19.3. The van der Waals surface area contributed by atoms with Crippen LogP contribution in [0.2, 0.25) is 0 Å². The molecule has 0 saturated carbocycles. The quantitative estimate of drug-likeness (QED) is 0.469. The summed E-state index contributed by atoms with van der Waals surface area (Å²) in [4.78, 5) is 12.4. The van der Waals surface area contributed by atoms with E-state index in [-0.39, 0.29) is 5.91 Å². The van der Waals surface area contributed by atoms with Gasteiger partial charge in [-0.25, -0.2) is 8.42 Å².